The molecule has 0 unspecified atom stereocenters. The van der Waals surface area contributed by atoms with Crippen LogP contribution in [0.25, 0.3) is 22.2 Å². The molecule has 1 heterocycles. The number of aromatic nitrogens is 1. The highest BCUT2D eigenvalue weighted by atomic mass is 16.7. The lowest BCUT2D eigenvalue weighted by molar-refractivity contribution is -0.384. The van der Waals surface area contributed by atoms with E-state index in [4.69, 9.17) is 10.6 Å². The summed E-state index contributed by atoms with van der Waals surface area (Å²) in [6, 6.07) is 23.8. The number of nitrogens with two attached hydrogens (primary N) is 1. The molecule has 8 heteroatoms. The summed E-state index contributed by atoms with van der Waals surface area (Å²) in [5.74, 6) is -0.773. The summed E-state index contributed by atoms with van der Waals surface area (Å²) in [6.45, 7) is 0. The average molecular weight is 412 g/mol. The van der Waals surface area contributed by atoms with E-state index in [0.29, 0.717) is 27.7 Å². The number of pyridine rings is 1. The van der Waals surface area contributed by atoms with E-state index in [-0.39, 0.29) is 11.5 Å². The number of carbonyl (C=O) groups excluding carboxylic acids is 1. The second kappa shape index (κ2) is 8.42. The number of nitrogens with zero attached hydrogens (tertiary/aromatic N) is 3. The second-order valence-corrected chi connectivity index (χ2v) is 6.60. The van der Waals surface area contributed by atoms with Gasteiger partial charge in [-0.25, -0.2) is 9.78 Å². The molecule has 0 amide bonds. The number of carbonyl (C=O) groups is 1. The largest absolute Gasteiger partial charge is 0.380 e. The van der Waals surface area contributed by atoms with Crippen LogP contribution in [0, 0.1) is 10.1 Å². The molecule has 0 bridgehead atoms. The smallest absolute Gasteiger partial charge is 0.366 e. The topological polar surface area (TPSA) is 121 Å². The fourth-order valence-electron chi connectivity index (χ4n) is 3.05. The van der Waals surface area contributed by atoms with E-state index in [1.807, 2.05) is 42.5 Å². The number of fused-ring (bicyclic) bond motifs is 1. The van der Waals surface area contributed by atoms with Crippen molar-refractivity contribution in [3.63, 3.8) is 0 Å². The number of rotatable bonds is 5. The standard InChI is InChI=1S/C23H16N4O4/c24-22(16-10-12-17(13-11-16)27(29)30)26-31-23(28)19-14-21(15-6-2-1-3-7-15)25-20-9-5-4-8-18(19)20/h1-14H,(H2,24,26). The first-order chi connectivity index (χ1) is 15.0. The Morgan fingerprint density at radius 1 is 0.968 bits per heavy atom. The third-order valence-corrected chi connectivity index (χ3v) is 4.61. The number of oxime groups is 1. The van der Waals surface area contributed by atoms with Gasteiger partial charge in [-0.3, -0.25) is 10.1 Å². The van der Waals surface area contributed by atoms with Crippen LogP contribution in [0.4, 0.5) is 5.69 Å². The predicted molar refractivity (Wildman–Crippen MR) is 116 cm³/mol. The van der Waals surface area contributed by atoms with Gasteiger partial charge >= 0.3 is 5.97 Å². The van der Waals surface area contributed by atoms with E-state index in [2.05, 4.69) is 10.1 Å². The summed E-state index contributed by atoms with van der Waals surface area (Å²) in [4.78, 5) is 32.8. The molecule has 0 atom stereocenters. The average Bonchev–Trinajstić information content (AvgIpc) is 2.82. The molecule has 4 aromatic rings. The van der Waals surface area contributed by atoms with Crippen molar-refractivity contribution in [3.05, 3.63) is 106 Å². The maximum Gasteiger partial charge on any atom is 0.366 e. The molecule has 2 N–H and O–H groups in total. The van der Waals surface area contributed by atoms with Gasteiger partial charge in [-0.05, 0) is 24.3 Å². The third-order valence-electron chi connectivity index (χ3n) is 4.61. The van der Waals surface area contributed by atoms with E-state index in [1.54, 1.807) is 18.2 Å². The third kappa shape index (κ3) is 4.23. The van der Waals surface area contributed by atoms with E-state index < -0.39 is 10.9 Å². The molecule has 0 spiro atoms. The summed E-state index contributed by atoms with van der Waals surface area (Å²) in [7, 11) is 0. The van der Waals surface area contributed by atoms with Crippen molar-refractivity contribution < 1.29 is 14.6 Å². The fourth-order valence-corrected chi connectivity index (χ4v) is 3.05. The number of hydrogen-bond acceptors (Lipinski definition) is 6. The monoisotopic (exact) mass is 412 g/mol. The van der Waals surface area contributed by atoms with Gasteiger partial charge in [-0.2, -0.15) is 0 Å². The molecule has 0 radical (unpaired) electrons. The minimum absolute atomic E-state index is 0.0785. The molecule has 31 heavy (non-hydrogen) atoms. The predicted octanol–water partition coefficient (Wildman–Crippen LogP) is 4.29. The highest BCUT2D eigenvalue weighted by molar-refractivity contribution is 6.05. The summed E-state index contributed by atoms with van der Waals surface area (Å²) in [6.07, 6.45) is 0. The molecular formula is C23H16N4O4. The van der Waals surface area contributed by atoms with Crippen LogP contribution in [0.3, 0.4) is 0 Å². The lowest BCUT2D eigenvalue weighted by Gasteiger charge is -2.08. The highest BCUT2D eigenvalue weighted by Gasteiger charge is 2.16. The highest BCUT2D eigenvalue weighted by Crippen LogP contribution is 2.25. The molecule has 4 rings (SSSR count). The number of hydrogen-bond donors (Lipinski definition) is 1. The SMILES string of the molecule is N/C(=N/OC(=O)c1cc(-c2ccccc2)nc2ccccc12)c1ccc([N+](=O)[O-])cc1. The van der Waals surface area contributed by atoms with E-state index in [1.165, 1.54) is 24.3 Å². The maximum absolute atomic E-state index is 12.8. The van der Waals surface area contributed by atoms with E-state index >= 15 is 0 Å². The first-order valence-corrected chi connectivity index (χ1v) is 9.28. The van der Waals surface area contributed by atoms with Gasteiger partial charge in [0.15, 0.2) is 5.84 Å². The molecular weight excluding hydrogens is 396 g/mol. The van der Waals surface area contributed by atoms with Crippen LogP contribution in [-0.4, -0.2) is 21.7 Å². The Balaban J connectivity index is 1.65. The second-order valence-electron chi connectivity index (χ2n) is 6.60. The van der Waals surface area contributed by atoms with Crippen LogP contribution in [0.1, 0.15) is 15.9 Å². The summed E-state index contributed by atoms with van der Waals surface area (Å²) >= 11 is 0. The van der Waals surface area contributed by atoms with Crippen LogP contribution in [-0.2, 0) is 4.84 Å². The molecule has 3 aromatic carbocycles. The lowest BCUT2D eigenvalue weighted by Crippen LogP contribution is -2.15. The number of nitro groups is 1. The van der Waals surface area contributed by atoms with Crippen molar-refractivity contribution >= 4 is 28.4 Å². The zero-order chi connectivity index (χ0) is 21.8. The quantitative estimate of drug-likeness (QED) is 0.172. The Morgan fingerprint density at radius 3 is 2.35 bits per heavy atom. The van der Waals surface area contributed by atoms with Crippen LogP contribution in [0.5, 0.6) is 0 Å². The number of para-hydroxylation sites is 1. The van der Waals surface area contributed by atoms with Gasteiger partial charge in [0.25, 0.3) is 5.69 Å². The summed E-state index contributed by atoms with van der Waals surface area (Å²) < 4.78 is 0. The molecule has 152 valence electrons. The van der Waals surface area contributed by atoms with Crippen LogP contribution >= 0.6 is 0 Å². The Kier molecular flexibility index (Phi) is 5.35. The zero-order valence-electron chi connectivity index (χ0n) is 16.1. The summed E-state index contributed by atoms with van der Waals surface area (Å²) in [5.41, 5.74) is 8.60. The van der Waals surface area contributed by atoms with Gasteiger partial charge in [0.2, 0.25) is 0 Å². The summed E-state index contributed by atoms with van der Waals surface area (Å²) in [5, 5.41) is 15.1. The number of non-ortho nitro benzene ring substituents is 1. The number of benzene rings is 3. The molecule has 0 fully saturated rings. The van der Waals surface area contributed by atoms with Crippen LogP contribution in [0.15, 0.2) is 90.1 Å². The molecule has 0 saturated heterocycles. The van der Waals surface area contributed by atoms with Gasteiger partial charge in [-0.15, -0.1) is 0 Å². The Hall–Kier alpha value is -4.59. The van der Waals surface area contributed by atoms with E-state index in [0.717, 1.165) is 5.56 Å². The molecule has 0 aliphatic carbocycles. The number of amidine groups is 1. The molecule has 1 aromatic heterocycles. The Labute approximate surface area is 176 Å². The van der Waals surface area contributed by atoms with Crippen molar-refractivity contribution in [2.45, 2.75) is 0 Å². The Morgan fingerprint density at radius 2 is 1.65 bits per heavy atom. The van der Waals surface area contributed by atoms with Crippen molar-refractivity contribution in [3.8, 4) is 11.3 Å². The normalized spacial score (nSPS) is 11.3. The zero-order valence-corrected chi connectivity index (χ0v) is 16.1. The van der Waals surface area contributed by atoms with Crippen molar-refractivity contribution in [2.75, 3.05) is 0 Å². The van der Waals surface area contributed by atoms with Crippen molar-refractivity contribution in [1.29, 1.82) is 0 Å². The van der Waals surface area contributed by atoms with E-state index in [9.17, 15) is 14.9 Å². The van der Waals surface area contributed by atoms with Gasteiger partial charge in [0.05, 0.1) is 21.7 Å². The molecule has 8 nitrogen and oxygen atoms in total. The first kappa shape index (κ1) is 19.7. The van der Waals surface area contributed by atoms with Crippen LogP contribution < -0.4 is 5.73 Å². The van der Waals surface area contributed by atoms with Gasteiger partial charge < -0.3 is 10.6 Å². The fraction of sp³-hybridized carbons (Fsp3) is 0. The van der Waals surface area contributed by atoms with Crippen molar-refractivity contribution in [2.24, 2.45) is 10.9 Å². The van der Waals surface area contributed by atoms with Crippen LogP contribution in [0.2, 0.25) is 0 Å². The number of nitro benzene ring substituents is 1. The van der Waals surface area contributed by atoms with Gasteiger partial charge in [-0.1, -0.05) is 53.7 Å². The molecule has 0 aliphatic rings. The Bertz CT molecular complexity index is 1300. The van der Waals surface area contributed by atoms with Crippen molar-refractivity contribution in [1.82, 2.24) is 4.98 Å². The maximum atomic E-state index is 12.8. The minimum Gasteiger partial charge on any atom is -0.380 e. The lowest BCUT2D eigenvalue weighted by atomic mass is 10.0. The van der Waals surface area contributed by atoms with Gasteiger partial charge in [0, 0.05) is 28.6 Å². The minimum atomic E-state index is -0.694. The molecule has 0 aliphatic heterocycles. The van der Waals surface area contributed by atoms with Gasteiger partial charge in [0.1, 0.15) is 0 Å². The molecule has 0 saturated carbocycles. The first-order valence-electron chi connectivity index (χ1n) is 9.28.